The van der Waals surface area contributed by atoms with Gasteiger partial charge in [-0.1, -0.05) is 37.3 Å². The summed E-state index contributed by atoms with van der Waals surface area (Å²) in [6.07, 6.45) is 1.96. The van der Waals surface area contributed by atoms with Crippen molar-refractivity contribution in [1.82, 2.24) is 20.0 Å². The van der Waals surface area contributed by atoms with Gasteiger partial charge < -0.3 is 15.0 Å². The van der Waals surface area contributed by atoms with Crippen molar-refractivity contribution in [3.8, 4) is 17.0 Å². The van der Waals surface area contributed by atoms with Gasteiger partial charge in [0.25, 0.3) is 5.91 Å². The number of ether oxygens (including phenoxy) is 1. The van der Waals surface area contributed by atoms with Gasteiger partial charge in [-0.15, -0.1) is 0 Å². The van der Waals surface area contributed by atoms with Gasteiger partial charge in [-0.05, 0) is 67.2 Å². The predicted molar refractivity (Wildman–Crippen MR) is 144 cm³/mol. The van der Waals surface area contributed by atoms with Crippen molar-refractivity contribution < 1.29 is 14.3 Å². The summed E-state index contributed by atoms with van der Waals surface area (Å²) in [4.78, 5) is 29.1. The molecule has 1 aliphatic heterocycles. The minimum Gasteiger partial charge on any atom is -0.497 e. The number of fused-ring (bicyclic) bond motifs is 1. The molecule has 0 spiro atoms. The maximum atomic E-state index is 13.7. The van der Waals surface area contributed by atoms with E-state index in [1.54, 1.807) is 16.7 Å². The van der Waals surface area contributed by atoms with Crippen molar-refractivity contribution in [2.75, 3.05) is 25.2 Å². The third-order valence-corrected chi connectivity index (χ3v) is 7.76. The summed E-state index contributed by atoms with van der Waals surface area (Å²) >= 11 is 1.88. The lowest BCUT2D eigenvalue weighted by atomic mass is 9.94. The van der Waals surface area contributed by atoms with E-state index in [0.29, 0.717) is 31.0 Å². The minimum atomic E-state index is -1.04. The number of carbonyl (C=O) groups is 2. The van der Waals surface area contributed by atoms with E-state index in [1.165, 1.54) is 0 Å². The molecule has 0 bridgehead atoms. The zero-order valence-electron chi connectivity index (χ0n) is 21.2. The molecule has 2 aromatic carbocycles. The van der Waals surface area contributed by atoms with E-state index in [9.17, 15) is 9.59 Å². The molecule has 1 aliphatic rings. The topological polar surface area (TPSA) is 76.5 Å². The monoisotopic (exact) mass is 506 g/mol. The van der Waals surface area contributed by atoms with E-state index in [-0.39, 0.29) is 11.8 Å². The normalized spacial score (nSPS) is 17.1. The number of thioether (sulfide) groups is 1. The summed E-state index contributed by atoms with van der Waals surface area (Å²) in [6.45, 7) is 5.24. The fraction of sp³-hybridized carbons (Fsp3) is 0.393. The zero-order chi connectivity index (χ0) is 25.5. The molecule has 3 aromatic rings. The number of aromatic nitrogens is 2. The Kier molecular flexibility index (Phi) is 8.36. The Balaban J connectivity index is 1.59. The van der Waals surface area contributed by atoms with E-state index in [4.69, 9.17) is 9.84 Å². The first-order valence-electron chi connectivity index (χ1n) is 12.4. The third-order valence-electron chi connectivity index (χ3n) is 6.49. The lowest BCUT2D eigenvalue weighted by Gasteiger charge is -2.43. The van der Waals surface area contributed by atoms with Crippen LogP contribution in [0.1, 0.15) is 42.7 Å². The van der Waals surface area contributed by atoms with Gasteiger partial charge in [0.05, 0.1) is 19.3 Å². The van der Waals surface area contributed by atoms with Crippen LogP contribution in [-0.4, -0.2) is 57.2 Å². The van der Waals surface area contributed by atoms with Gasteiger partial charge >= 0.3 is 0 Å². The third kappa shape index (κ3) is 5.59. The van der Waals surface area contributed by atoms with Gasteiger partial charge in [-0.3, -0.25) is 14.3 Å². The molecule has 0 fully saturated rings. The van der Waals surface area contributed by atoms with E-state index < -0.39 is 5.54 Å². The van der Waals surface area contributed by atoms with Gasteiger partial charge in [-0.25, -0.2) is 0 Å². The second-order valence-corrected chi connectivity index (χ2v) is 10.4. The molecule has 2 heterocycles. The average molecular weight is 507 g/mol. The SMILES string of the molecule is CCCSCCCN1C(=O)c2cc(-c3ccc(OC)cc3)nn2C[C@@]1(C)C(=O)NCc1ccccc1. The molecule has 0 aliphatic carbocycles. The molecular formula is C28H34N4O3S. The van der Waals surface area contributed by atoms with Crippen molar-refractivity contribution in [1.29, 1.82) is 0 Å². The Bertz CT molecular complexity index is 1180. The van der Waals surface area contributed by atoms with Crippen molar-refractivity contribution in [2.45, 2.75) is 45.3 Å². The summed E-state index contributed by atoms with van der Waals surface area (Å²) in [5.41, 5.74) is 2.07. The molecule has 0 radical (unpaired) electrons. The van der Waals surface area contributed by atoms with Crippen molar-refractivity contribution in [3.05, 3.63) is 71.9 Å². The number of nitrogens with zero attached hydrogens (tertiary/aromatic N) is 3. The fourth-order valence-electron chi connectivity index (χ4n) is 4.43. The van der Waals surface area contributed by atoms with E-state index in [2.05, 4.69) is 12.2 Å². The van der Waals surface area contributed by atoms with Crippen molar-refractivity contribution >= 4 is 23.6 Å². The molecule has 1 N–H and O–H groups in total. The fourth-order valence-corrected chi connectivity index (χ4v) is 5.26. The quantitative estimate of drug-likeness (QED) is 0.384. The molecule has 2 amide bonds. The zero-order valence-corrected chi connectivity index (χ0v) is 22.0. The standard InChI is InChI=1S/C28H34N4O3S/c1-4-16-36-17-8-15-31-26(33)25-18-24(22-11-13-23(35-3)14-12-22)30-32(25)20-28(31,2)27(34)29-19-21-9-6-5-7-10-21/h5-7,9-14,18H,4,8,15-17,19-20H2,1-3H3,(H,29,34)/t28-/m0/s1. The maximum absolute atomic E-state index is 13.7. The smallest absolute Gasteiger partial charge is 0.273 e. The van der Waals surface area contributed by atoms with Crippen molar-refractivity contribution in [2.24, 2.45) is 0 Å². The van der Waals surface area contributed by atoms with Crippen LogP contribution in [0.3, 0.4) is 0 Å². The van der Waals surface area contributed by atoms with Crippen molar-refractivity contribution in [3.63, 3.8) is 0 Å². The molecule has 8 heteroatoms. The van der Waals surface area contributed by atoms with Gasteiger partial charge in [0.15, 0.2) is 0 Å². The molecule has 0 saturated carbocycles. The van der Waals surface area contributed by atoms with E-state index >= 15 is 0 Å². The minimum absolute atomic E-state index is 0.161. The number of methoxy groups -OCH3 is 1. The summed E-state index contributed by atoms with van der Waals surface area (Å²) in [5, 5.41) is 7.78. The van der Waals surface area contributed by atoms with E-state index in [0.717, 1.165) is 41.2 Å². The Morgan fingerprint density at radius 3 is 2.58 bits per heavy atom. The molecule has 0 unspecified atom stereocenters. The van der Waals surface area contributed by atoms with Gasteiger partial charge in [0.2, 0.25) is 5.91 Å². The maximum Gasteiger partial charge on any atom is 0.273 e. The number of hydrogen-bond acceptors (Lipinski definition) is 5. The van der Waals surface area contributed by atoms with Crippen LogP contribution in [0.4, 0.5) is 0 Å². The van der Waals surface area contributed by atoms with Crippen LogP contribution in [0.2, 0.25) is 0 Å². The molecule has 1 atom stereocenters. The number of hydrogen-bond donors (Lipinski definition) is 1. The number of rotatable bonds is 11. The lowest BCUT2D eigenvalue weighted by molar-refractivity contribution is -0.133. The van der Waals surface area contributed by atoms with Crippen LogP contribution in [0.15, 0.2) is 60.7 Å². The highest BCUT2D eigenvalue weighted by Gasteiger charge is 2.47. The number of amides is 2. The second-order valence-electron chi connectivity index (χ2n) is 9.17. The van der Waals surface area contributed by atoms with Gasteiger partial charge in [0.1, 0.15) is 17.0 Å². The Morgan fingerprint density at radius 2 is 1.89 bits per heavy atom. The largest absolute Gasteiger partial charge is 0.497 e. The van der Waals surface area contributed by atoms with Gasteiger partial charge in [-0.2, -0.15) is 16.9 Å². The molecule has 190 valence electrons. The first kappa shape index (κ1) is 25.8. The van der Waals surface area contributed by atoms with Crippen LogP contribution in [0, 0.1) is 0 Å². The van der Waals surface area contributed by atoms with Crippen LogP contribution < -0.4 is 10.1 Å². The lowest BCUT2D eigenvalue weighted by Crippen LogP contribution is -2.64. The Labute approximate surface area is 217 Å². The number of carbonyl (C=O) groups excluding carboxylic acids is 2. The highest BCUT2D eigenvalue weighted by molar-refractivity contribution is 7.99. The molecular weight excluding hydrogens is 472 g/mol. The highest BCUT2D eigenvalue weighted by atomic mass is 32.2. The van der Waals surface area contributed by atoms with Crippen LogP contribution in [0.25, 0.3) is 11.3 Å². The van der Waals surface area contributed by atoms with Crippen LogP contribution in [-0.2, 0) is 17.9 Å². The first-order chi connectivity index (χ1) is 17.5. The summed E-state index contributed by atoms with van der Waals surface area (Å²) in [7, 11) is 1.63. The number of nitrogens with one attached hydrogen (secondary N) is 1. The molecule has 7 nitrogen and oxygen atoms in total. The van der Waals surface area contributed by atoms with Gasteiger partial charge in [0, 0.05) is 18.7 Å². The Hall–Kier alpha value is -3.26. The highest BCUT2D eigenvalue weighted by Crippen LogP contribution is 2.31. The molecule has 4 rings (SSSR count). The van der Waals surface area contributed by atoms with Crippen LogP contribution in [0.5, 0.6) is 5.75 Å². The average Bonchev–Trinajstić information content (AvgIpc) is 3.33. The Morgan fingerprint density at radius 1 is 1.14 bits per heavy atom. The van der Waals surface area contributed by atoms with Crippen LogP contribution >= 0.6 is 11.8 Å². The molecule has 1 aromatic heterocycles. The molecule has 0 saturated heterocycles. The second kappa shape index (κ2) is 11.6. The first-order valence-corrected chi connectivity index (χ1v) is 13.6. The predicted octanol–water partition coefficient (Wildman–Crippen LogP) is 4.62. The summed E-state index contributed by atoms with van der Waals surface area (Å²) < 4.78 is 6.94. The molecule has 36 heavy (non-hydrogen) atoms. The number of benzene rings is 2. The van der Waals surface area contributed by atoms with E-state index in [1.807, 2.05) is 79.3 Å². The summed E-state index contributed by atoms with van der Waals surface area (Å²) in [6, 6.07) is 19.2. The summed E-state index contributed by atoms with van der Waals surface area (Å²) in [5.74, 6) is 2.48.